The molecule has 0 saturated heterocycles. The van der Waals surface area contributed by atoms with E-state index < -0.39 is 8.32 Å². The van der Waals surface area contributed by atoms with Gasteiger partial charge in [-0.25, -0.2) is 0 Å². The van der Waals surface area contributed by atoms with Gasteiger partial charge in [0.15, 0.2) is 8.32 Å². The first kappa shape index (κ1) is 13.5. The molecule has 5 heteroatoms. The van der Waals surface area contributed by atoms with Gasteiger partial charge in [-0.15, -0.1) is 0 Å². The van der Waals surface area contributed by atoms with E-state index in [1.807, 2.05) is 6.07 Å². The Kier molecular flexibility index (Phi) is 5.13. The van der Waals surface area contributed by atoms with Gasteiger partial charge in [0.25, 0.3) is 0 Å². The topological polar surface area (TPSA) is 9.23 Å². The van der Waals surface area contributed by atoms with E-state index in [-0.39, 0.29) is 0 Å². The van der Waals surface area contributed by atoms with Crippen molar-refractivity contribution in [1.29, 1.82) is 0 Å². The molecule has 0 atom stereocenters. The second-order valence-electron chi connectivity index (χ2n) is 3.92. The predicted molar refractivity (Wildman–Crippen MR) is 72.5 cm³/mol. The molecule has 1 aromatic rings. The molecule has 0 N–H and O–H groups in total. The maximum atomic E-state index is 6.03. The fraction of sp³-hybridized carbons (Fsp3) is 0.400. The highest BCUT2D eigenvalue weighted by Crippen LogP contribution is 2.22. The zero-order chi connectivity index (χ0) is 11.5. The molecule has 0 aliphatic heterocycles. The Morgan fingerprint density at radius 3 is 2.60 bits per heavy atom. The van der Waals surface area contributed by atoms with Crippen LogP contribution in [-0.2, 0) is 11.0 Å². The van der Waals surface area contributed by atoms with Crippen molar-refractivity contribution in [3.63, 3.8) is 0 Å². The Balaban J connectivity index is 2.69. The first-order valence-corrected chi connectivity index (χ1v) is 9.58. The summed E-state index contributed by atoms with van der Waals surface area (Å²) in [6, 6.07) is 5.42. The molecule has 0 bridgehead atoms. The molecule has 0 saturated carbocycles. The summed E-state index contributed by atoms with van der Waals surface area (Å²) in [4.78, 5) is 0.915. The first-order chi connectivity index (χ1) is 6.94. The molecular weight excluding hydrogens is 315 g/mol. The number of rotatable bonds is 4. The summed E-state index contributed by atoms with van der Waals surface area (Å²) < 4.78 is 5.85. The SMILES string of the molecule is C[Si](C)(CBr)OCc1cc(Cl)ccc1Cl. The summed E-state index contributed by atoms with van der Waals surface area (Å²) in [7, 11) is -1.59. The number of alkyl halides is 1. The summed E-state index contributed by atoms with van der Waals surface area (Å²) in [5.74, 6) is 0. The van der Waals surface area contributed by atoms with Crippen LogP contribution < -0.4 is 0 Å². The van der Waals surface area contributed by atoms with Gasteiger partial charge in [-0.05, 0) is 36.9 Å². The van der Waals surface area contributed by atoms with Gasteiger partial charge >= 0.3 is 0 Å². The number of hydrogen-bond donors (Lipinski definition) is 0. The van der Waals surface area contributed by atoms with Crippen molar-refractivity contribution >= 4 is 47.4 Å². The summed E-state index contributed by atoms with van der Waals surface area (Å²) in [5.41, 5.74) is 0.950. The number of benzene rings is 1. The Hall–Kier alpha value is 0.457. The van der Waals surface area contributed by atoms with E-state index in [1.165, 1.54) is 0 Å². The highest BCUT2D eigenvalue weighted by atomic mass is 79.9. The molecule has 0 amide bonds. The van der Waals surface area contributed by atoms with Crippen molar-refractivity contribution in [1.82, 2.24) is 0 Å². The third kappa shape index (κ3) is 4.45. The first-order valence-electron chi connectivity index (χ1n) is 4.58. The zero-order valence-corrected chi connectivity index (χ0v) is 12.8. The van der Waals surface area contributed by atoms with Crippen LogP contribution in [0.3, 0.4) is 0 Å². The molecule has 0 radical (unpaired) electrons. The van der Waals surface area contributed by atoms with Gasteiger partial charge in [0.05, 0.1) is 6.61 Å². The lowest BCUT2D eigenvalue weighted by atomic mass is 10.2. The second kappa shape index (κ2) is 5.69. The highest BCUT2D eigenvalue weighted by Gasteiger charge is 2.20. The average molecular weight is 328 g/mol. The summed E-state index contributed by atoms with van der Waals surface area (Å²) in [6.45, 7) is 4.84. The van der Waals surface area contributed by atoms with Crippen LogP contribution in [0.1, 0.15) is 5.56 Å². The van der Waals surface area contributed by atoms with E-state index >= 15 is 0 Å². The summed E-state index contributed by atoms with van der Waals surface area (Å²) in [5, 5.41) is 1.40. The molecule has 15 heavy (non-hydrogen) atoms. The van der Waals surface area contributed by atoms with Gasteiger partial charge in [0, 0.05) is 15.0 Å². The van der Waals surface area contributed by atoms with Gasteiger partial charge in [-0.1, -0.05) is 39.1 Å². The molecule has 0 fully saturated rings. The van der Waals surface area contributed by atoms with Crippen molar-refractivity contribution in [3.05, 3.63) is 33.8 Å². The van der Waals surface area contributed by atoms with E-state index in [0.717, 1.165) is 10.5 Å². The highest BCUT2D eigenvalue weighted by molar-refractivity contribution is 9.09. The van der Waals surface area contributed by atoms with E-state index in [4.69, 9.17) is 27.6 Å². The van der Waals surface area contributed by atoms with Crippen LogP contribution in [0.4, 0.5) is 0 Å². The minimum absolute atomic E-state index is 0.532. The lowest BCUT2D eigenvalue weighted by Crippen LogP contribution is -2.32. The van der Waals surface area contributed by atoms with Crippen molar-refractivity contribution in [3.8, 4) is 0 Å². The molecular formula is C10H13BrCl2OSi. The Morgan fingerprint density at radius 1 is 1.33 bits per heavy atom. The maximum Gasteiger partial charge on any atom is 0.197 e. The summed E-state index contributed by atoms with van der Waals surface area (Å²) in [6.07, 6.45) is 0. The molecule has 0 unspecified atom stereocenters. The fourth-order valence-electron chi connectivity index (χ4n) is 0.966. The molecule has 0 heterocycles. The van der Waals surface area contributed by atoms with Crippen LogP contribution in [-0.4, -0.2) is 13.3 Å². The third-order valence-electron chi connectivity index (χ3n) is 1.95. The van der Waals surface area contributed by atoms with Crippen molar-refractivity contribution in [2.75, 3.05) is 4.95 Å². The molecule has 1 aromatic carbocycles. The molecule has 1 rings (SSSR count). The second-order valence-corrected chi connectivity index (χ2v) is 10.5. The zero-order valence-electron chi connectivity index (χ0n) is 8.69. The van der Waals surface area contributed by atoms with Crippen LogP contribution in [0.25, 0.3) is 0 Å². The van der Waals surface area contributed by atoms with Crippen molar-refractivity contribution in [2.45, 2.75) is 19.7 Å². The smallest absolute Gasteiger partial charge is 0.197 e. The fourth-order valence-corrected chi connectivity index (χ4v) is 2.44. The van der Waals surface area contributed by atoms with Crippen LogP contribution in [0.2, 0.25) is 23.1 Å². The van der Waals surface area contributed by atoms with Gasteiger partial charge in [-0.2, -0.15) is 0 Å². The Morgan fingerprint density at radius 2 is 2.00 bits per heavy atom. The van der Waals surface area contributed by atoms with E-state index in [0.29, 0.717) is 16.7 Å². The van der Waals surface area contributed by atoms with Crippen molar-refractivity contribution in [2.24, 2.45) is 0 Å². The van der Waals surface area contributed by atoms with Gasteiger partial charge in [0.1, 0.15) is 0 Å². The monoisotopic (exact) mass is 326 g/mol. The lowest BCUT2D eigenvalue weighted by molar-refractivity contribution is 0.299. The van der Waals surface area contributed by atoms with Gasteiger partial charge < -0.3 is 4.43 Å². The Bertz CT molecular complexity index is 344. The Labute approximate surface area is 110 Å². The predicted octanol–water partition coefficient (Wildman–Crippen LogP) is 4.65. The largest absolute Gasteiger partial charge is 0.412 e. The van der Waals surface area contributed by atoms with E-state index in [1.54, 1.807) is 12.1 Å². The number of halogens is 3. The maximum absolute atomic E-state index is 6.03. The lowest BCUT2D eigenvalue weighted by Gasteiger charge is -2.20. The molecule has 0 aliphatic rings. The van der Waals surface area contributed by atoms with Crippen LogP contribution in [0.5, 0.6) is 0 Å². The van der Waals surface area contributed by atoms with E-state index in [2.05, 4.69) is 29.0 Å². The van der Waals surface area contributed by atoms with Crippen molar-refractivity contribution < 1.29 is 4.43 Å². The third-order valence-corrected chi connectivity index (χ3v) is 8.17. The standard InChI is InChI=1S/C10H13BrCl2OSi/c1-15(2,7-11)14-6-8-5-9(12)3-4-10(8)13/h3-5H,6-7H2,1-2H3. The van der Waals surface area contributed by atoms with Crippen LogP contribution >= 0.6 is 39.1 Å². The molecule has 0 aliphatic carbocycles. The van der Waals surface area contributed by atoms with Crippen LogP contribution in [0.15, 0.2) is 18.2 Å². The van der Waals surface area contributed by atoms with Gasteiger partial charge in [0.2, 0.25) is 0 Å². The molecule has 1 nitrogen and oxygen atoms in total. The van der Waals surface area contributed by atoms with E-state index in [9.17, 15) is 0 Å². The molecule has 0 aromatic heterocycles. The molecule has 0 spiro atoms. The average Bonchev–Trinajstić information content (AvgIpc) is 2.20. The summed E-state index contributed by atoms with van der Waals surface area (Å²) >= 11 is 15.4. The normalized spacial score (nSPS) is 11.8. The molecule has 84 valence electrons. The minimum atomic E-state index is -1.59. The quantitative estimate of drug-likeness (QED) is 0.577. The number of hydrogen-bond acceptors (Lipinski definition) is 1. The minimum Gasteiger partial charge on any atom is -0.412 e. The van der Waals surface area contributed by atoms with Crippen LogP contribution in [0, 0.1) is 0 Å². The van der Waals surface area contributed by atoms with Gasteiger partial charge in [-0.3, -0.25) is 0 Å².